The Morgan fingerprint density at radius 2 is 1.14 bits per heavy atom. The van der Waals surface area contributed by atoms with Crippen LogP contribution in [-0.2, 0) is 0 Å². The van der Waals surface area contributed by atoms with E-state index in [0.717, 1.165) is 65.4 Å². The normalized spacial score (nSPS) is 10.7. The molecule has 2 aromatic carbocycles. The van der Waals surface area contributed by atoms with Crippen LogP contribution in [0.3, 0.4) is 0 Å². The van der Waals surface area contributed by atoms with Crippen molar-refractivity contribution in [1.82, 2.24) is 40.0 Å². The first-order chi connectivity index (χ1) is 27.5. The average Bonchev–Trinajstić information content (AvgIpc) is 3.17. The van der Waals surface area contributed by atoms with Gasteiger partial charge in [0.25, 0.3) is 0 Å². The largest absolute Gasteiger partial charge is 0.437 e. The predicted octanol–water partition coefficient (Wildman–Crippen LogP) is 5.82. The number of aryl methyl sites for hydroxylation is 2. The lowest BCUT2D eigenvalue weighted by Crippen LogP contribution is -2.34. The SMILES string of the molecule is CB(O)N(C)CCCNc1cc(C)nc(NC(=O)Nc2ccc3cnccc3c2)n1.CNCCCNc1cc(C)nc(NC(=O)Nc2ccc3cnccc3c2)n1. The van der Waals surface area contributed by atoms with Gasteiger partial charge in [-0.15, -0.1) is 0 Å². The monoisotopic (exact) mass is 772 g/mol. The van der Waals surface area contributed by atoms with Gasteiger partial charge >= 0.3 is 19.1 Å². The number of nitrogens with one attached hydrogen (secondary N) is 7. The summed E-state index contributed by atoms with van der Waals surface area (Å²) in [6.07, 6.45) is 8.80. The van der Waals surface area contributed by atoms with Crippen LogP contribution in [-0.4, -0.2) is 99.1 Å². The average molecular weight is 773 g/mol. The van der Waals surface area contributed by atoms with Crippen molar-refractivity contribution >= 4 is 75.6 Å². The van der Waals surface area contributed by atoms with Crippen molar-refractivity contribution in [3.63, 3.8) is 0 Å². The van der Waals surface area contributed by atoms with Gasteiger partial charge < -0.3 is 36.4 Å². The molecule has 0 unspecified atom stereocenters. The van der Waals surface area contributed by atoms with Crippen molar-refractivity contribution in [3.8, 4) is 0 Å². The number of benzene rings is 2. The summed E-state index contributed by atoms with van der Waals surface area (Å²) in [6.45, 7) is 8.59. The standard InChI is InChI=1S/C20H26BN7O2.C19H23N7O/c1-14-11-18(23-8-4-10-28(3)21(2)30)26-19(24-14)27-20(29)25-17-6-5-16-13-22-9-7-15(16)12-17;1-13-10-17(22-8-3-7-20-2)25-18(23-13)26-19(27)24-16-5-4-15-12-21-9-6-14(15)11-16/h5-7,9,11-13,30H,4,8,10H2,1-3H3,(H3,23,24,25,26,27,29);4-6,9-12,20H,3,7-8H2,1-2H3,(H3,22,23,24,25,26,27). The molecule has 18 heteroatoms. The van der Waals surface area contributed by atoms with Crippen LogP contribution in [0.2, 0.25) is 6.82 Å². The van der Waals surface area contributed by atoms with E-state index in [0.29, 0.717) is 29.6 Å². The molecule has 0 atom stereocenters. The zero-order valence-electron chi connectivity index (χ0n) is 32.8. The molecule has 4 aromatic heterocycles. The molecule has 4 heterocycles. The number of nitrogens with zero attached hydrogens (tertiary/aromatic N) is 7. The lowest BCUT2D eigenvalue weighted by molar-refractivity contribution is 0.261. The van der Waals surface area contributed by atoms with Gasteiger partial charge in [-0.1, -0.05) is 12.1 Å². The van der Waals surface area contributed by atoms with Crippen LogP contribution in [0, 0.1) is 13.8 Å². The first-order valence-corrected chi connectivity index (χ1v) is 18.6. The Morgan fingerprint density at radius 1 is 0.649 bits per heavy atom. The number of pyridine rings is 2. The summed E-state index contributed by atoms with van der Waals surface area (Å²) in [5, 5.41) is 34.0. The quantitative estimate of drug-likeness (QED) is 0.0456. The van der Waals surface area contributed by atoms with E-state index in [1.165, 1.54) is 0 Å². The Kier molecular flexibility index (Phi) is 15.3. The first kappa shape index (κ1) is 41.7. The molecule has 0 saturated heterocycles. The summed E-state index contributed by atoms with van der Waals surface area (Å²) in [5.41, 5.74) is 2.86. The van der Waals surface area contributed by atoms with Crippen molar-refractivity contribution in [3.05, 3.63) is 96.8 Å². The van der Waals surface area contributed by atoms with Crippen LogP contribution >= 0.6 is 0 Å². The maximum atomic E-state index is 12.4. The second-order valence-corrected chi connectivity index (χ2v) is 13.2. The summed E-state index contributed by atoms with van der Waals surface area (Å²) >= 11 is 0. The van der Waals surface area contributed by atoms with E-state index in [2.05, 4.69) is 67.1 Å². The number of anilines is 6. The summed E-state index contributed by atoms with van der Waals surface area (Å²) in [6, 6.07) is 17.9. The summed E-state index contributed by atoms with van der Waals surface area (Å²) in [5.74, 6) is 1.80. The molecule has 0 aliphatic heterocycles. The van der Waals surface area contributed by atoms with Crippen LogP contribution in [0.15, 0.2) is 85.5 Å². The molecule has 8 N–H and O–H groups in total. The van der Waals surface area contributed by atoms with Crippen LogP contribution in [0.5, 0.6) is 0 Å². The topological polar surface area (TPSA) is 219 Å². The molecule has 0 fully saturated rings. The van der Waals surface area contributed by atoms with Crippen molar-refractivity contribution in [2.45, 2.75) is 33.5 Å². The maximum Gasteiger partial charge on any atom is 0.376 e. The number of carbonyl (C=O) groups is 2. The highest BCUT2D eigenvalue weighted by atomic mass is 16.2. The molecule has 57 heavy (non-hydrogen) atoms. The molecular formula is C39H49BN14O3. The minimum absolute atomic E-state index is 0.223. The van der Waals surface area contributed by atoms with Crippen molar-refractivity contribution in [2.24, 2.45) is 0 Å². The van der Waals surface area contributed by atoms with Gasteiger partial charge in [-0.05, 0) is 108 Å². The molecule has 6 rings (SSSR count). The van der Waals surface area contributed by atoms with Gasteiger partial charge in [-0.25, -0.2) is 19.6 Å². The van der Waals surface area contributed by atoms with Gasteiger partial charge in [0.2, 0.25) is 11.9 Å². The third-order valence-corrected chi connectivity index (χ3v) is 8.50. The second kappa shape index (κ2) is 21.0. The van der Waals surface area contributed by atoms with Crippen molar-refractivity contribution < 1.29 is 14.6 Å². The van der Waals surface area contributed by atoms with E-state index in [4.69, 9.17) is 0 Å². The van der Waals surface area contributed by atoms with Crippen molar-refractivity contribution in [2.75, 3.05) is 72.2 Å². The molecule has 0 spiro atoms. The van der Waals surface area contributed by atoms with E-state index >= 15 is 0 Å². The van der Waals surface area contributed by atoms with Crippen LogP contribution in [0.25, 0.3) is 21.5 Å². The van der Waals surface area contributed by atoms with E-state index < -0.39 is 19.1 Å². The molecule has 0 bridgehead atoms. The molecule has 0 radical (unpaired) electrons. The zero-order valence-corrected chi connectivity index (χ0v) is 32.8. The van der Waals surface area contributed by atoms with Crippen LogP contribution in [0.4, 0.5) is 44.5 Å². The van der Waals surface area contributed by atoms with E-state index in [1.54, 1.807) is 31.6 Å². The zero-order chi connectivity index (χ0) is 40.6. The molecule has 17 nitrogen and oxygen atoms in total. The molecule has 4 amide bonds. The van der Waals surface area contributed by atoms with E-state index in [-0.39, 0.29) is 11.9 Å². The van der Waals surface area contributed by atoms with E-state index in [1.807, 2.05) is 93.4 Å². The summed E-state index contributed by atoms with van der Waals surface area (Å²) < 4.78 is 0. The molecule has 6 aromatic rings. The highest BCUT2D eigenvalue weighted by Crippen LogP contribution is 2.20. The van der Waals surface area contributed by atoms with Gasteiger partial charge in [0, 0.05) is 83.5 Å². The minimum atomic E-state index is -0.472. The highest BCUT2D eigenvalue weighted by Gasteiger charge is 2.11. The lowest BCUT2D eigenvalue weighted by atomic mass is 9.86. The number of hydrogen-bond acceptors (Lipinski definition) is 13. The van der Waals surface area contributed by atoms with Crippen molar-refractivity contribution in [1.29, 1.82) is 0 Å². The minimum Gasteiger partial charge on any atom is -0.437 e. The van der Waals surface area contributed by atoms with Gasteiger partial charge in [0.15, 0.2) is 0 Å². The Morgan fingerprint density at radius 3 is 1.61 bits per heavy atom. The summed E-state index contributed by atoms with van der Waals surface area (Å²) in [7, 11) is 3.31. The van der Waals surface area contributed by atoms with Gasteiger partial charge in [0.1, 0.15) is 11.6 Å². The molecule has 0 aliphatic rings. The van der Waals surface area contributed by atoms with Gasteiger partial charge in [0.05, 0.1) is 0 Å². The molecule has 0 aliphatic carbocycles. The number of amides is 4. The Hall–Kier alpha value is -6.50. The number of carbonyl (C=O) groups excluding carboxylic acids is 2. The third-order valence-electron chi connectivity index (χ3n) is 8.50. The van der Waals surface area contributed by atoms with E-state index in [9.17, 15) is 14.6 Å². The Bertz CT molecular complexity index is 2260. The van der Waals surface area contributed by atoms with Gasteiger partial charge in [-0.3, -0.25) is 20.6 Å². The fourth-order valence-electron chi connectivity index (χ4n) is 5.49. The molecule has 296 valence electrons. The second-order valence-electron chi connectivity index (χ2n) is 13.2. The lowest BCUT2D eigenvalue weighted by Gasteiger charge is -2.17. The number of hydrogen-bond donors (Lipinski definition) is 8. The third kappa shape index (κ3) is 13.6. The van der Waals surface area contributed by atoms with Crippen LogP contribution < -0.4 is 37.2 Å². The number of fused-ring (bicyclic) bond motifs is 2. The number of rotatable bonds is 15. The maximum absolute atomic E-state index is 12.4. The predicted molar refractivity (Wildman–Crippen MR) is 229 cm³/mol. The number of urea groups is 2. The molecular weight excluding hydrogens is 723 g/mol. The fourth-order valence-corrected chi connectivity index (χ4v) is 5.49. The summed E-state index contributed by atoms with van der Waals surface area (Å²) in [4.78, 5) is 51.9. The Labute approximate surface area is 332 Å². The molecule has 0 saturated carbocycles. The first-order valence-electron chi connectivity index (χ1n) is 18.6. The smallest absolute Gasteiger partial charge is 0.376 e. The number of aromatic nitrogens is 6. The van der Waals surface area contributed by atoms with Gasteiger partial charge in [-0.2, -0.15) is 9.97 Å². The fraction of sp³-hybridized carbons (Fsp3) is 0.282. The van der Waals surface area contributed by atoms with Crippen LogP contribution in [0.1, 0.15) is 24.2 Å². The Balaban J connectivity index is 0.000000219. The highest BCUT2D eigenvalue weighted by molar-refractivity contribution is 6.45.